The van der Waals surface area contributed by atoms with Crippen LogP contribution in [0.5, 0.6) is 0 Å². The quantitative estimate of drug-likeness (QED) is 0.876. The van der Waals surface area contributed by atoms with Gasteiger partial charge in [-0.25, -0.2) is 0 Å². The Morgan fingerprint density at radius 1 is 1.41 bits per heavy atom. The predicted molar refractivity (Wildman–Crippen MR) is 68.7 cm³/mol. The zero-order valence-electron chi connectivity index (χ0n) is 11.2. The fourth-order valence-corrected chi connectivity index (χ4v) is 3.18. The van der Waals surface area contributed by atoms with Crippen LogP contribution < -0.4 is 0 Å². The third-order valence-electron chi connectivity index (χ3n) is 4.07. The molecule has 0 aliphatic heterocycles. The van der Waals surface area contributed by atoms with Gasteiger partial charge in [-0.05, 0) is 43.6 Å². The van der Waals surface area contributed by atoms with Gasteiger partial charge in [0, 0.05) is 18.9 Å². The fourth-order valence-electron chi connectivity index (χ4n) is 3.18. The van der Waals surface area contributed by atoms with Gasteiger partial charge in [0.15, 0.2) is 0 Å². The number of aromatic nitrogens is 2. The molecule has 0 saturated heterocycles. The summed E-state index contributed by atoms with van der Waals surface area (Å²) in [7, 11) is 1.96. The van der Waals surface area contributed by atoms with E-state index in [1.54, 1.807) is 0 Å². The molecule has 0 amide bonds. The van der Waals surface area contributed by atoms with Crippen LogP contribution in [-0.4, -0.2) is 20.5 Å². The standard InChI is InChI=1S/C14H24N2O/c1-13(2)7-4-8-14(17,11-13)9-5-12-6-10-15-16(12)3/h6,10,17H,4-5,7-9,11H2,1-3H3. The van der Waals surface area contributed by atoms with Gasteiger partial charge in [0.1, 0.15) is 0 Å². The summed E-state index contributed by atoms with van der Waals surface area (Å²) in [6.45, 7) is 4.53. The molecule has 1 aromatic rings. The topological polar surface area (TPSA) is 38.0 Å². The van der Waals surface area contributed by atoms with Crippen LogP contribution in [0.2, 0.25) is 0 Å². The van der Waals surface area contributed by atoms with E-state index in [9.17, 15) is 5.11 Å². The molecule has 2 rings (SSSR count). The molecular formula is C14H24N2O. The lowest BCUT2D eigenvalue weighted by molar-refractivity contribution is -0.0449. The van der Waals surface area contributed by atoms with Crippen LogP contribution in [0.3, 0.4) is 0 Å². The second-order valence-electron chi connectivity index (χ2n) is 6.37. The second-order valence-corrected chi connectivity index (χ2v) is 6.37. The number of aryl methyl sites for hydroxylation is 2. The van der Waals surface area contributed by atoms with E-state index >= 15 is 0 Å². The molecule has 0 aromatic carbocycles. The molecule has 1 unspecified atom stereocenters. The minimum atomic E-state index is -0.466. The first kappa shape index (κ1) is 12.6. The molecule has 1 aliphatic rings. The molecule has 96 valence electrons. The van der Waals surface area contributed by atoms with E-state index in [0.717, 1.165) is 32.1 Å². The van der Waals surface area contributed by atoms with Gasteiger partial charge in [0.25, 0.3) is 0 Å². The molecule has 0 bridgehead atoms. The summed E-state index contributed by atoms with van der Waals surface area (Å²) in [5.74, 6) is 0. The van der Waals surface area contributed by atoms with E-state index in [1.807, 2.05) is 24.0 Å². The van der Waals surface area contributed by atoms with Crippen LogP contribution in [0.15, 0.2) is 12.3 Å². The highest BCUT2D eigenvalue weighted by Gasteiger charge is 2.37. The van der Waals surface area contributed by atoms with Gasteiger partial charge in [-0.1, -0.05) is 20.3 Å². The molecule has 1 heterocycles. The van der Waals surface area contributed by atoms with E-state index in [4.69, 9.17) is 0 Å². The molecule has 1 fully saturated rings. The molecule has 17 heavy (non-hydrogen) atoms. The SMILES string of the molecule is Cn1nccc1CCC1(O)CCCC(C)(C)C1. The highest BCUT2D eigenvalue weighted by Crippen LogP contribution is 2.42. The maximum absolute atomic E-state index is 10.7. The Labute approximate surface area is 104 Å². The molecule has 1 atom stereocenters. The molecule has 1 saturated carbocycles. The average molecular weight is 236 g/mol. The Balaban J connectivity index is 1.96. The summed E-state index contributed by atoms with van der Waals surface area (Å²) < 4.78 is 1.90. The average Bonchev–Trinajstić information content (AvgIpc) is 2.59. The van der Waals surface area contributed by atoms with Crippen LogP contribution in [-0.2, 0) is 13.5 Å². The van der Waals surface area contributed by atoms with Gasteiger partial charge in [-0.15, -0.1) is 0 Å². The molecule has 3 nitrogen and oxygen atoms in total. The van der Waals surface area contributed by atoms with Crippen LogP contribution in [0.25, 0.3) is 0 Å². The minimum Gasteiger partial charge on any atom is -0.390 e. The largest absolute Gasteiger partial charge is 0.390 e. The normalized spacial score (nSPS) is 28.2. The smallest absolute Gasteiger partial charge is 0.0656 e. The van der Waals surface area contributed by atoms with Gasteiger partial charge in [0.05, 0.1) is 5.60 Å². The molecule has 0 radical (unpaired) electrons. The first-order chi connectivity index (χ1) is 7.90. The van der Waals surface area contributed by atoms with Gasteiger partial charge < -0.3 is 5.11 Å². The third-order valence-corrected chi connectivity index (χ3v) is 4.07. The summed E-state index contributed by atoms with van der Waals surface area (Å²) in [4.78, 5) is 0. The van der Waals surface area contributed by atoms with Crippen LogP contribution >= 0.6 is 0 Å². The number of nitrogens with zero attached hydrogens (tertiary/aromatic N) is 2. The van der Waals surface area contributed by atoms with E-state index in [1.165, 1.54) is 12.1 Å². The Morgan fingerprint density at radius 3 is 2.76 bits per heavy atom. The fraction of sp³-hybridized carbons (Fsp3) is 0.786. The molecule has 3 heteroatoms. The Kier molecular flexibility index (Phi) is 3.30. The van der Waals surface area contributed by atoms with Gasteiger partial charge in [0.2, 0.25) is 0 Å². The Bertz CT molecular complexity index is 383. The van der Waals surface area contributed by atoms with Crippen molar-refractivity contribution < 1.29 is 5.11 Å². The van der Waals surface area contributed by atoms with Gasteiger partial charge in [-0.2, -0.15) is 5.10 Å². The van der Waals surface area contributed by atoms with Crippen molar-refractivity contribution in [2.24, 2.45) is 12.5 Å². The number of aliphatic hydroxyl groups is 1. The van der Waals surface area contributed by atoms with Crippen molar-refractivity contribution in [2.45, 2.75) is 58.0 Å². The van der Waals surface area contributed by atoms with Crippen LogP contribution in [0.1, 0.15) is 51.6 Å². The maximum Gasteiger partial charge on any atom is 0.0656 e. The van der Waals surface area contributed by atoms with Crippen molar-refractivity contribution in [2.75, 3.05) is 0 Å². The van der Waals surface area contributed by atoms with Crippen molar-refractivity contribution in [1.29, 1.82) is 0 Å². The number of rotatable bonds is 3. The van der Waals surface area contributed by atoms with Crippen LogP contribution in [0.4, 0.5) is 0 Å². The van der Waals surface area contributed by atoms with Gasteiger partial charge in [-0.3, -0.25) is 4.68 Å². The van der Waals surface area contributed by atoms with E-state index in [-0.39, 0.29) is 0 Å². The lowest BCUT2D eigenvalue weighted by atomic mass is 9.68. The van der Waals surface area contributed by atoms with Crippen molar-refractivity contribution >= 4 is 0 Å². The maximum atomic E-state index is 10.7. The number of hydrogen-bond acceptors (Lipinski definition) is 2. The van der Waals surface area contributed by atoms with Crippen molar-refractivity contribution in [3.63, 3.8) is 0 Å². The van der Waals surface area contributed by atoms with Crippen molar-refractivity contribution in [3.8, 4) is 0 Å². The Morgan fingerprint density at radius 2 is 2.18 bits per heavy atom. The molecule has 0 spiro atoms. The molecule has 1 aromatic heterocycles. The lowest BCUT2D eigenvalue weighted by Crippen LogP contribution is -2.39. The van der Waals surface area contributed by atoms with Crippen LogP contribution in [0, 0.1) is 5.41 Å². The lowest BCUT2D eigenvalue weighted by Gasteiger charge is -2.41. The number of hydrogen-bond donors (Lipinski definition) is 1. The monoisotopic (exact) mass is 236 g/mol. The van der Waals surface area contributed by atoms with E-state index < -0.39 is 5.60 Å². The van der Waals surface area contributed by atoms with Gasteiger partial charge >= 0.3 is 0 Å². The summed E-state index contributed by atoms with van der Waals surface area (Å²) >= 11 is 0. The summed E-state index contributed by atoms with van der Waals surface area (Å²) in [5.41, 5.74) is 1.03. The zero-order chi connectivity index (χ0) is 12.5. The first-order valence-corrected chi connectivity index (χ1v) is 6.60. The highest BCUT2D eigenvalue weighted by atomic mass is 16.3. The molecule has 1 aliphatic carbocycles. The van der Waals surface area contributed by atoms with E-state index in [0.29, 0.717) is 5.41 Å². The van der Waals surface area contributed by atoms with E-state index in [2.05, 4.69) is 18.9 Å². The van der Waals surface area contributed by atoms with Crippen molar-refractivity contribution in [3.05, 3.63) is 18.0 Å². The molecular weight excluding hydrogens is 212 g/mol. The predicted octanol–water partition coefficient (Wildman–Crippen LogP) is 2.68. The molecule has 1 N–H and O–H groups in total. The second kappa shape index (κ2) is 4.45. The van der Waals surface area contributed by atoms with Crippen molar-refractivity contribution in [1.82, 2.24) is 9.78 Å². The summed E-state index contributed by atoms with van der Waals surface area (Å²) in [6, 6.07) is 2.04. The zero-order valence-corrected chi connectivity index (χ0v) is 11.2. The summed E-state index contributed by atoms with van der Waals surface area (Å²) in [6.07, 6.45) is 7.87. The highest BCUT2D eigenvalue weighted by molar-refractivity contribution is 5.02. The Hall–Kier alpha value is -0.830. The summed E-state index contributed by atoms with van der Waals surface area (Å²) in [5, 5.41) is 14.8. The third kappa shape index (κ3) is 3.09. The first-order valence-electron chi connectivity index (χ1n) is 6.60. The minimum absolute atomic E-state index is 0.291.